The Bertz CT molecular complexity index is 571. The Morgan fingerprint density at radius 1 is 1.32 bits per heavy atom. The number of aliphatic carboxylic acids is 1. The molecule has 22 heavy (non-hydrogen) atoms. The van der Waals surface area contributed by atoms with Gasteiger partial charge in [-0.1, -0.05) is 18.2 Å². The van der Waals surface area contributed by atoms with E-state index in [1.54, 1.807) is 16.8 Å². The maximum absolute atomic E-state index is 12.7. The molecule has 1 unspecified atom stereocenters. The molecule has 0 radical (unpaired) electrons. The molecule has 3 rings (SSSR count). The number of anilines is 1. The van der Waals surface area contributed by atoms with Gasteiger partial charge in [-0.05, 0) is 31.4 Å². The lowest BCUT2D eigenvalue weighted by Gasteiger charge is -2.50. The summed E-state index contributed by atoms with van der Waals surface area (Å²) in [6, 6.07) is 9.14. The van der Waals surface area contributed by atoms with Crippen LogP contribution in [0.15, 0.2) is 30.3 Å². The Morgan fingerprint density at radius 2 is 2.00 bits per heavy atom. The smallest absolute Gasteiger partial charge is 0.334 e. The zero-order chi connectivity index (χ0) is 15.7. The van der Waals surface area contributed by atoms with Gasteiger partial charge in [0.05, 0.1) is 18.7 Å². The van der Waals surface area contributed by atoms with Crippen molar-refractivity contribution in [1.29, 1.82) is 0 Å². The summed E-state index contributed by atoms with van der Waals surface area (Å²) < 4.78 is 5.73. The van der Waals surface area contributed by atoms with Crippen molar-refractivity contribution in [3.8, 4) is 0 Å². The van der Waals surface area contributed by atoms with Crippen molar-refractivity contribution in [2.45, 2.75) is 31.0 Å². The van der Waals surface area contributed by atoms with E-state index < -0.39 is 17.7 Å². The lowest BCUT2D eigenvalue weighted by Crippen LogP contribution is -2.63. The van der Waals surface area contributed by atoms with E-state index >= 15 is 0 Å². The second-order valence-corrected chi connectivity index (χ2v) is 6.04. The monoisotopic (exact) mass is 304 g/mol. The molecule has 1 aliphatic heterocycles. The summed E-state index contributed by atoms with van der Waals surface area (Å²) in [5.74, 6) is -1.01. The van der Waals surface area contributed by atoms with E-state index in [1.807, 2.05) is 30.3 Å². The fraction of sp³-hybridized carbons (Fsp3) is 0.500. The van der Waals surface area contributed by atoms with E-state index in [2.05, 4.69) is 0 Å². The third-order valence-electron chi connectivity index (χ3n) is 4.50. The number of carbonyl (C=O) groups excluding carboxylic acids is 1. The second kappa shape index (κ2) is 5.61. The third kappa shape index (κ3) is 2.66. The lowest BCUT2D eigenvalue weighted by molar-refractivity contribution is -0.199. The minimum Gasteiger partial charge on any atom is -0.479 e. The van der Waals surface area contributed by atoms with Gasteiger partial charge in [0.25, 0.3) is 0 Å². The summed E-state index contributed by atoms with van der Waals surface area (Å²) in [6.45, 7) is 0.555. The first-order valence-corrected chi connectivity index (χ1v) is 7.49. The van der Waals surface area contributed by atoms with Crippen molar-refractivity contribution in [2.24, 2.45) is 0 Å². The summed E-state index contributed by atoms with van der Waals surface area (Å²) in [4.78, 5) is 27.2. The highest BCUT2D eigenvalue weighted by molar-refractivity contribution is 5.92. The third-order valence-corrected chi connectivity index (χ3v) is 4.50. The highest BCUT2D eigenvalue weighted by Crippen LogP contribution is 2.40. The van der Waals surface area contributed by atoms with E-state index in [0.717, 1.165) is 24.9 Å². The van der Waals surface area contributed by atoms with Crippen molar-refractivity contribution in [3.63, 3.8) is 0 Å². The first-order valence-electron chi connectivity index (χ1n) is 7.49. The number of rotatable bonds is 2. The number of para-hydroxylation sites is 1. The summed E-state index contributed by atoms with van der Waals surface area (Å²) in [5, 5.41) is 9.27. The van der Waals surface area contributed by atoms with Crippen LogP contribution >= 0.6 is 0 Å². The summed E-state index contributed by atoms with van der Waals surface area (Å²) >= 11 is 0. The van der Waals surface area contributed by atoms with Crippen molar-refractivity contribution >= 4 is 17.7 Å². The molecular formula is C16H20N2O4. The van der Waals surface area contributed by atoms with Gasteiger partial charge in [0.2, 0.25) is 0 Å². The second-order valence-electron chi connectivity index (χ2n) is 6.04. The van der Waals surface area contributed by atoms with Gasteiger partial charge in [0, 0.05) is 12.7 Å². The van der Waals surface area contributed by atoms with Gasteiger partial charge < -0.3 is 14.7 Å². The van der Waals surface area contributed by atoms with Crippen LogP contribution in [-0.4, -0.2) is 53.8 Å². The van der Waals surface area contributed by atoms with Crippen molar-refractivity contribution in [1.82, 2.24) is 4.90 Å². The van der Waals surface area contributed by atoms with Crippen LogP contribution in [0.1, 0.15) is 19.3 Å². The molecule has 0 bridgehead atoms. The Morgan fingerprint density at radius 3 is 2.55 bits per heavy atom. The van der Waals surface area contributed by atoms with Crippen LogP contribution in [0, 0.1) is 0 Å². The van der Waals surface area contributed by atoms with Crippen molar-refractivity contribution in [3.05, 3.63) is 30.3 Å². The van der Waals surface area contributed by atoms with Crippen LogP contribution in [0.3, 0.4) is 0 Å². The molecule has 6 nitrogen and oxygen atoms in total. The maximum Gasteiger partial charge on any atom is 0.334 e. The molecule has 1 saturated carbocycles. The average Bonchev–Trinajstić information content (AvgIpc) is 2.52. The van der Waals surface area contributed by atoms with Gasteiger partial charge in [-0.3, -0.25) is 4.90 Å². The molecule has 2 amide bonds. The Balaban J connectivity index is 1.77. The number of benzene rings is 1. The van der Waals surface area contributed by atoms with E-state index in [-0.39, 0.29) is 12.6 Å². The fourth-order valence-electron chi connectivity index (χ4n) is 3.08. The molecule has 1 N–H and O–H groups in total. The molecule has 0 aromatic heterocycles. The molecule has 1 aromatic carbocycles. The number of carboxylic acids is 1. The summed E-state index contributed by atoms with van der Waals surface area (Å²) in [5.41, 5.74) is 0.322. The molecular weight excluding hydrogens is 284 g/mol. The van der Waals surface area contributed by atoms with Crippen LogP contribution in [0.5, 0.6) is 0 Å². The molecule has 1 aromatic rings. The number of nitrogens with zero attached hydrogens (tertiary/aromatic N) is 2. The molecule has 1 atom stereocenters. The fourth-order valence-corrected chi connectivity index (χ4v) is 3.08. The topological polar surface area (TPSA) is 70.1 Å². The Kier molecular flexibility index (Phi) is 3.78. The van der Waals surface area contributed by atoms with Crippen LogP contribution in [-0.2, 0) is 9.53 Å². The zero-order valence-electron chi connectivity index (χ0n) is 12.6. The number of carbonyl (C=O) groups is 2. The summed E-state index contributed by atoms with van der Waals surface area (Å²) in [7, 11) is 1.70. The minimum absolute atomic E-state index is 0.0904. The van der Waals surface area contributed by atoms with Gasteiger partial charge in [0.15, 0.2) is 6.10 Å². The SMILES string of the molecule is CN(C(=O)N1CC(C(=O)O)OC2(CCC2)C1)c1ccccc1. The van der Waals surface area contributed by atoms with Gasteiger partial charge >= 0.3 is 12.0 Å². The predicted octanol–water partition coefficient (Wildman–Crippen LogP) is 1.95. The predicted molar refractivity (Wildman–Crippen MR) is 80.9 cm³/mol. The molecule has 1 aliphatic carbocycles. The number of ether oxygens (including phenoxy) is 1. The Labute approximate surface area is 129 Å². The number of hydrogen-bond donors (Lipinski definition) is 1. The number of morpholine rings is 1. The van der Waals surface area contributed by atoms with E-state index in [0.29, 0.717) is 6.54 Å². The van der Waals surface area contributed by atoms with Crippen LogP contribution in [0.2, 0.25) is 0 Å². The standard InChI is InChI=1S/C16H20N2O4/c1-17(12-6-3-2-4-7-12)15(21)18-10-13(14(19)20)22-16(11-18)8-5-9-16/h2-4,6-7,13H,5,8-11H2,1H3,(H,19,20). The minimum atomic E-state index is -1.01. The molecule has 1 spiro atoms. The number of urea groups is 1. The number of amides is 2. The van der Waals surface area contributed by atoms with Gasteiger partial charge in [-0.15, -0.1) is 0 Å². The first kappa shape index (κ1) is 14.8. The van der Waals surface area contributed by atoms with Gasteiger partial charge in [0.1, 0.15) is 0 Å². The van der Waals surface area contributed by atoms with E-state index in [1.165, 1.54) is 0 Å². The van der Waals surface area contributed by atoms with E-state index in [4.69, 9.17) is 4.74 Å². The quantitative estimate of drug-likeness (QED) is 0.906. The van der Waals surface area contributed by atoms with Crippen molar-refractivity contribution in [2.75, 3.05) is 25.0 Å². The van der Waals surface area contributed by atoms with Crippen LogP contribution < -0.4 is 4.90 Å². The largest absolute Gasteiger partial charge is 0.479 e. The number of carboxylic acid groups (broad SMARTS) is 1. The Hall–Kier alpha value is -2.08. The molecule has 2 fully saturated rings. The van der Waals surface area contributed by atoms with Gasteiger partial charge in [-0.2, -0.15) is 0 Å². The maximum atomic E-state index is 12.7. The summed E-state index contributed by atoms with van der Waals surface area (Å²) in [6.07, 6.45) is 1.70. The molecule has 1 saturated heterocycles. The highest BCUT2D eigenvalue weighted by atomic mass is 16.5. The average molecular weight is 304 g/mol. The van der Waals surface area contributed by atoms with E-state index in [9.17, 15) is 14.7 Å². The molecule has 1 heterocycles. The highest BCUT2D eigenvalue weighted by Gasteiger charge is 2.48. The van der Waals surface area contributed by atoms with Crippen molar-refractivity contribution < 1.29 is 19.4 Å². The number of hydrogen-bond acceptors (Lipinski definition) is 3. The normalized spacial score (nSPS) is 23.0. The van der Waals surface area contributed by atoms with Crippen LogP contribution in [0.25, 0.3) is 0 Å². The lowest BCUT2D eigenvalue weighted by atomic mass is 9.78. The zero-order valence-corrected chi connectivity index (χ0v) is 12.6. The molecule has 118 valence electrons. The van der Waals surface area contributed by atoms with Gasteiger partial charge in [-0.25, -0.2) is 9.59 Å². The molecule has 6 heteroatoms. The first-order chi connectivity index (χ1) is 10.5. The van der Waals surface area contributed by atoms with Crippen LogP contribution in [0.4, 0.5) is 10.5 Å². The molecule has 2 aliphatic rings.